The summed E-state index contributed by atoms with van der Waals surface area (Å²) in [5.41, 5.74) is 0. The smallest absolute Gasteiger partial charge is 0.309 e. The predicted molar refractivity (Wildman–Crippen MR) is 67.8 cm³/mol. The molecule has 4 nitrogen and oxygen atoms in total. The van der Waals surface area contributed by atoms with Gasteiger partial charge in [0.15, 0.2) is 6.61 Å². The van der Waals surface area contributed by atoms with Gasteiger partial charge >= 0.3 is 5.97 Å². The lowest BCUT2D eigenvalue weighted by atomic mass is 9.86. The number of ether oxygens (including phenoxy) is 1. The van der Waals surface area contributed by atoms with E-state index in [-0.39, 0.29) is 30.4 Å². The highest BCUT2D eigenvalue weighted by atomic mass is 16.5. The molecule has 0 aromatic heterocycles. The number of carbonyl (C=O) groups excluding carboxylic acids is 2. The summed E-state index contributed by atoms with van der Waals surface area (Å²) in [7, 11) is 0. The Kier molecular flexibility index (Phi) is 4.25. The van der Waals surface area contributed by atoms with Gasteiger partial charge in [-0.3, -0.25) is 9.59 Å². The van der Waals surface area contributed by atoms with Crippen LogP contribution in [0.15, 0.2) is 0 Å². The standard InChI is InChI=1S/C14H23NO3/c1-9-5-3-4-6-12(9)15-13(16)8-18-14(17)11-7-10(11)2/h9-12H,3-8H2,1-2H3,(H,15,16)/t9-,10+,11-,12+/m1/s1. The molecule has 2 rings (SSSR count). The van der Waals surface area contributed by atoms with Gasteiger partial charge in [0.05, 0.1) is 5.92 Å². The first-order valence-electron chi connectivity index (χ1n) is 7.04. The summed E-state index contributed by atoms with van der Waals surface area (Å²) in [4.78, 5) is 23.2. The minimum absolute atomic E-state index is 0.0337. The summed E-state index contributed by atoms with van der Waals surface area (Å²) in [5, 5.41) is 2.98. The second-order valence-corrected chi connectivity index (χ2v) is 5.86. The van der Waals surface area contributed by atoms with Crippen LogP contribution in [-0.2, 0) is 14.3 Å². The van der Waals surface area contributed by atoms with Gasteiger partial charge in [0.2, 0.25) is 0 Å². The third kappa shape index (κ3) is 3.47. The van der Waals surface area contributed by atoms with E-state index in [1.807, 2.05) is 6.92 Å². The van der Waals surface area contributed by atoms with Gasteiger partial charge in [0.25, 0.3) is 5.91 Å². The lowest BCUT2D eigenvalue weighted by Crippen LogP contribution is -2.43. The van der Waals surface area contributed by atoms with Crippen molar-refractivity contribution < 1.29 is 14.3 Å². The number of rotatable bonds is 4. The highest BCUT2D eigenvalue weighted by Crippen LogP contribution is 2.38. The summed E-state index contributed by atoms with van der Waals surface area (Å²) >= 11 is 0. The van der Waals surface area contributed by atoms with E-state index in [0.717, 1.165) is 12.8 Å². The molecule has 18 heavy (non-hydrogen) atoms. The fourth-order valence-corrected chi connectivity index (χ4v) is 2.67. The summed E-state index contributed by atoms with van der Waals surface area (Å²) in [6.07, 6.45) is 5.54. The van der Waals surface area contributed by atoms with Crippen LogP contribution >= 0.6 is 0 Å². The average Bonchev–Trinajstić information content (AvgIpc) is 3.06. The first-order chi connectivity index (χ1) is 8.58. The molecule has 102 valence electrons. The van der Waals surface area contributed by atoms with Crippen molar-refractivity contribution in [3.05, 3.63) is 0 Å². The van der Waals surface area contributed by atoms with Crippen LogP contribution in [0.5, 0.6) is 0 Å². The van der Waals surface area contributed by atoms with E-state index in [1.165, 1.54) is 19.3 Å². The fourth-order valence-electron chi connectivity index (χ4n) is 2.67. The highest BCUT2D eigenvalue weighted by molar-refractivity contribution is 5.82. The van der Waals surface area contributed by atoms with Crippen molar-refractivity contribution in [3.8, 4) is 0 Å². The third-order valence-corrected chi connectivity index (χ3v) is 4.22. The summed E-state index contributed by atoms with van der Waals surface area (Å²) in [6.45, 7) is 4.07. The number of amides is 1. The van der Waals surface area contributed by atoms with Crippen LogP contribution in [-0.4, -0.2) is 24.5 Å². The Morgan fingerprint density at radius 2 is 1.83 bits per heavy atom. The quantitative estimate of drug-likeness (QED) is 0.778. The minimum atomic E-state index is -0.214. The number of esters is 1. The van der Waals surface area contributed by atoms with E-state index < -0.39 is 0 Å². The number of hydrogen-bond donors (Lipinski definition) is 1. The van der Waals surface area contributed by atoms with Crippen molar-refractivity contribution in [2.75, 3.05) is 6.61 Å². The van der Waals surface area contributed by atoms with Crippen LogP contribution in [0.2, 0.25) is 0 Å². The van der Waals surface area contributed by atoms with Crippen molar-refractivity contribution in [1.29, 1.82) is 0 Å². The molecular weight excluding hydrogens is 230 g/mol. The Morgan fingerprint density at radius 3 is 2.44 bits per heavy atom. The SMILES string of the molecule is C[C@@H]1CCCC[C@@H]1NC(=O)COC(=O)[C@@H]1C[C@@H]1C. The van der Waals surface area contributed by atoms with Crippen molar-refractivity contribution in [2.45, 2.75) is 52.0 Å². The maximum absolute atomic E-state index is 11.7. The zero-order chi connectivity index (χ0) is 13.1. The molecule has 2 aliphatic carbocycles. The van der Waals surface area contributed by atoms with E-state index in [0.29, 0.717) is 11.8 Å². The Bertz CT molecular complexity index is 329. The molecule has 4 atom stereocenters. The number of carbonyl (C=O) groups is 2. The van der Waals surface area contributed by atoms with Gasteiger partial charge in [-0.2, -0.15) is 0 Å². The normalized spacial score (nSPS) is 34.8. The molecule has 0 unspecified atom stereocenters. The Balaban J connectivity index is 1.66. The summed E-state index contributed by atoms with van der Waals surface area (Å²) in [5.74, 6) is 0.622. The largest absolute Gasteiger partial charge is 0.455 e. The van der Waals surface area contributed by atoms with E-state index in [2.05, 4.69) is 12.2 Å². The molecule has 2 saturated carbocycles. The first kappa shape index (κ1) is 13.4. The lowest BCUT2D eigenvalue weighted by Gasteiger charge is -2.29. The van der Waals surface area contributed by atoms with Crippen molar-refractivity contribution in [3.63, 3.8) is 0 Å². The summed E-state index contributed by atoms with van der Waals surface area (Å²) in [6, 6.07) is 0.254. The summed E-state index contributed by atoms with van der Waals surface area (Å²) < 4.78 is 5.02. The van der Waals surface area contributed by atoms with Gasteiger partial charge < -0.3 is 10.1 Å². The Labute approximate surface area is 108 Å². The van der Waals surface area contributed by atoms with Crippen molar-refractivity contribution in [1.82, 2.24) is 5.32 Å². The molecule has 0 spiro atoms. The van der Waals surface area contributed by atoms with E-state index in [4.69, 9.17) is 4.74 Å². The average molecular weight is 253 g/mol. The topological polar surface area (TPSA) is 55.4 Å². The molecule has 0 heterocycles. The van der Waals surface area contributed by atoms with Crippen LogP contribution in [0.25, 0.3) is 0 Å². The first-order valence-corrected chi connectivity index (χ1v) is 7.04. The van der Waals surface area contributed by atoms with E-state index in [9.17, 15) is 9.59 Å². The molecule has 2 fully saturated rings. The van der Waals surface area contributed by atoms with E-state index in [1.54, 1.807) is 0 Å². The predicted octanol–water partition coefficient (Wildman–Crippen LogP) is 1.88. The molecule has 0 aromatic carbocycles. The van der Waals surface area contributed by atoms with Gasteiger partial charge in [-0.05, 0) is 31.1 Å². The fraction of sp³-hybridized carbons (Fsp3) is 0.857. The van der Waals surface area contributed by atoms with Crippen LogP contribution in [0.1, 0.15) is 46.0 Å². The molecule has 4 heteroatoms. The second kappa shape index (κ2) is 5.72. The molecule has 2 aliphatic rings. The van der Waals surface area contributed by atoms with Crippen LogP contribution in [0.3, 0.4) is 0 Å². The molecular formula is C14H23NO3. The van der Waals surface area contributed by atoms with Crippen molar-refractivity contribution in [2.24, 2.45) is 17.8 Å². The number of hydrogen-bond acceptors (Lipinski definition) is 3. The van der Waals surface area contributed by atoms with Crippen molar-refractivity contribution >= 4 is 11.9 Å². The molecule has 0 radical (unpaired) electrons. The van der Waals surface area contributed by atoms with Gasteiger partial charge in [0, 0.05) is 6.04 Å². The van der Waals surface area contributed by atoms with Gasteiger partial charge in [0.1, 0.15) is 0 Å². The molecule has 1 amide bonds. The minimum Gasteiger partial charge on any atom is -0.455 e. The zero-order valence-corrected chi connectivity index (χ0v) is 11.3. The molecule has 0 saturated heterocycles. The van der Waals surface area contributed by atoms with Crippen LogP contribution in [0.4, 0.5) is 0 Å². The Hall–Kier alpha value is -1.06. The van der Waals surface area contributed by atoms with E-state index >= 15 is 0 Å². The maximum Gasteiger partial charge on any atom is 0.309 e. The number of nitrogens with one attached hydrogen (secondary N) is 1. The zero-order valence-electron chi connectivity index (χ0n) is 11.3. The molecule has 1 N–H and O–H groups in total. The van der Waals surface area contributed by atoms with Crippen LogP contribution < -0.4 is 5.32 Å². The lowest BCUT2D eigenvalue weighted by molar-refractivity contribution is -0.150. The molecule has 0 aliphatic heterocycles. The Morgan fingerprint density at radius 1 is 1.17 bits per heavy atom. The van der Waals surface area contributed by atoms with Gasteiger partial charge in [-0.25, -0.2) is 0 Å². The van der Waals surface area contributed by atoms with Crippen LogP contribution in [0, 0.1) is 17.8 Å². The highest BCUT2D eigenvalue weighted by Gasteiger charge is 2.40. The molecule has 0 aromatic rings. The second-order valence-electron chi connectivity index (χ2n) is 5.86. The maximum atomic E-state index is 11.7. The van der Waals surface area contributed by atoms with Gasteiger partial charge in [-0.15, -0.1) is 0 Å². The third-order valence-electron chi connectivity index (χ3n) is 4.22. The molecule has 0 bridgehead atoms. The van der Waals surface area contributed by atoms with Gasteiger partial charge in [-0.1, -0.05) is 26.7 Å². The monoisotopic (exact) mass is 253 g/mol.